The van der Waals surface area contributed by atoms with Crippen LogP contribution in [0.3, 0.4) is 0 Å². The van der Waals surface area contributed by atoms with Crippen molar-refractivity contribution in [2.24, 2.45) is 5.92 Å². The first-order valence-corrected chi connectivity index (χ1v) is 5.62. The number of nitro benzene ring substituents is 1. The lowest BCUT2D eigenvalue weighted by Gasteiger charge is -2.30. The van der Waals surface area contributed by atoms with Crippen LogP contribution in [0.1, 0.15) is 26.3 Å². The Kier molecular flexibility index (Phi) is 3.88. The molecular formula is C12H14ClNO3. The Bertz CT molecular complexity index is 442. The molecule has 0 fully saturated rings. The standard InChI is InChI=1S/C12H14ClNO3/c1-8(2)12(3,11(13)15)9-4-6-10(7-5-9)14(16)17/h4-8H,1-3H3. The lowest BCUT2D eigenvalue weighted by molar-refractivity contribution is -0.384. The number of hydrogen-bond donors (Lipinski definition) is 0. The predicted molar refractivity (Wildman–Crippen MR) is 66.1 cm³/mol. The topological polar surface area (TPSA) is 60.2 Å². The van der Waals surface area contributed by atoms with Crippen LogP contribution in [0.5, 0.6) is 0 Å². The molecule has 0 aliphatic carbocycles. The second-order valence-corrected chi connectivity index (χ2v) is 4.78. The van der Waals surface area contributed by atoms with E-state index in [1.165, 1.54) is 12.1 Å². The van der Waals surface area contributed by atoms with Gasteiger partial charge in [-0.1, -0.05) is 26.0 Å². The van der Waals surface area contributed by atoms with Crippen molar-refractivity contribution in [2.75, 3.05) is 0 Å². The molecule has 0 spiro atoms. The van der Waals surface area contributed by atoms with Crippen LogP contribution in [-0.2, 0) is 10.2 Å². The summed E-state index contributed by atoms with van der Waals surface area (Å²) in [5.41, 5.74) is -0.128. The Hall–Kier alpha value is -1.42. The van der Waals surface area contributed by atoms with Crippen molar-refractivity contribution in [1.29, 1.82) is 0 Å². The largest absolute Gasteiger partial charge is 0.280 e. The highest BCUT2D eigenvalue weighted by Crippen LogP contribution is 2.35. The van der Waals surface area contributed by atoms with Gasteiger partial charge in [0.1, 0.15) is 0 Å². The SMILES string of the molecule is CC(C)C(C)(C(=O)Cl)c1ccc([N+](=O)[O-])cc1. The van der Waals surface area contributed by atoms with E-state index in [2.05, 4.69) is 0 Å². The summed E-state index contributed by atoms with van der Waals surface area (Å²) in [5.74, 6) is 0.00829. The Morgan fingerprint density at radius 1 is 1.35 bits per heavy atom. The van der Waals surface area contributed by atoms with Crippen molar-refractivity contribution in [3.8, 4) is 0 Å². The summed E-state index contributed by atoms with van der Waals surface area (Å²) in [6.45, 7) is 5.53. The van der Waals surface area contributed by atoms with Gasteiger partial charge in [0.25, 0.3) is 5.69 Å². The molecule has 0 heterocycles. The molecule has 17 heavy (non-hydrogen) atoms. The van der Waals surface area contributed by atoms with E-state index in [0.29, 0.717) is 5.56 Å². The molecule has 1 aromatic carbocycles. The predicted octanol–water partition coefficient (Wildman–Crippen LogP) is 3.27. The van der Waals surface area contributed by atoms with Crippen molar-refractivity contribution < 1.29 is 9.72 Å². The monoisotopic (exact) mass is 255 g/mol. The quantitative estimate of drug-likeness (QED) is 0.471. The lowest BCUT2D eigenvalue weighted by atomic mass is 9.74. The molecule has 0 aliphatic rings. The fourth-order valence-electron chi connectivity index (χ4n) is 1.60. The van der Waals surface area contributed by atoms with Crippen LogP contribution in [0.15, 0.2) is 24.3 Å². The maximum atomic E-state index is 11.6. The summed E-state index contributed by atoms with van der Waals surface area (Å²) in [7, 11) is 0. The number of benzene rings is 1. The fraction of sp³-hybridized carbons (Fsp3) is 0.417. The van der Waals surface area contributed by atoms with E-state index in [4.69, 9.17) is 11.6 Å². The van der Waals surface area contributed by atoms with Crippen LogP contribution in [-0.4, -0.2) is 10.2 Å². The van der Waals surface area contributed by atoms with Gasteiger partial charge in [0, 0.05) is 12.1 Å². The van der Waals surface area contributed by atoms with E-state index in [1.807, 2.05) is 13.8 Å². The van der Waals surface area contributed by atoms with Crippen LogP contribution in [0, 0.1) is 16.0 Å². The van der Waals surface area contributed by atoms with Crippen molar-refractivity contribution in [2.45, 2.75) is 26.2 Å². The third-order valence-electron chi connectivity index (χ3n) is 3.24. The van der Waals surface area contributed by atoms with Gasteiger partial charge in [-0.05, 0) is 30.0 Å². The Morgan fingerprint density at radius 2 is 1.82 bits per heavy atom. The number of nitrogens with zero attached hydrogens (tertiary/aromatic N) is 1. The Labute approximate surface area is 105 Å². The van der Waals surface area contributed by atoms with Crippen molar-refractivity contribution in [1.82, 2.24) is 0 Å². The number of hydrogen-bond acceptors (Lipinski definition) is 3. The third kappa shape index (κ3) is 2.47. The molecule has 0 amide bonds. The highest BCUT2D eigenvalue weighted by molar-refractivity contribution is 6.65. The zero-order valence-electron chi connectivity index (χ0n) is 9.94. The van der Waals surface area contributed by atoms with Gasteiger partial charge < -0.3 is 0 Å². The number of non-ortho nitro benzene ring substituents is 1. The van der Waals surface area contributed by atoms with E-state index in [0.717, 1.165) is 0 Å². The molecule has 0 saturated heterocycles. The molecule has 0 aliphatic heterocycles. The first-order valence-electron chi connectivity index (χ1n) is 5.25. The molecule has 92 valence electrons. The Balaban J connectivity index is 3.22. The normalized spacial score (nSPS) is 14.4. The minimum Gasteiger partial charge on any atom is -0.280 e. The highest BCUT2D eigenvalue weighted by Gasteiger charge is 2.37. The second kappa shape index (κ2) is 4.84. The molecule has 0 bridgehead atoms. The van der Waals surface area contributed by atoms with Crippen molar-refractivity contribution in [3.63, 3.8) is 0 Å². The molecule has 4 nitrogen and oxygen atoms in total. The van der Waals surface area contributed by atoms with Gasteiger partial charge in [0.2, 0.25) is 5.24 Å². The number of nitro groups is 1. The minimum atomic E-state index is -0.823. The van der Waals surface area contributed by atoms with Gasteiger partial charge in [-0.25, -0.2) is 0 Å². The van der Waals surface area contributed by atoms with Gasteiger partial charge in [-0.15, -0.1) is 0 Å². The Morgan fingerprint density at radius 3 is 2.12 bits per heavy atom. The molecule has 1 unspecified atom stereocenters. The molecule has 1 rings (SSSR count). The smallest absolute Gasteiger partial charge is 0.269 e. The van der Waals surface area contributed by atoms with Crippen LogP contribution < -0.4 is 0 Å². The summed E-state index contributed by atoms with van der Waals surface area (Å²) in [6.07, 6.45) is 0. The maximum absolute atomic E-state index is 11.6. The number of halogens is 1. The first-order chi connectivity index (χ1) is 7.80. The van der Waals surface area contributed by atoms with Crippen LogP contribution in [0.4, 0.5) is 5.69 Å². The molecule has 0 aromatic heterocycles. The second-order valence-electron chi connectivity index (χ2n) is 4.43. The summed E-state index contributed by atoms with van der Waals surface area (Å²) >= 11 is 5.64. The van der Waals surface area contributed by atoms with Gasteiger partial charge in [0.05, 0.1) is 10.3 Å². The van der Waals surface area contributed by atoms with E-state index in [-0.39, 0.29) is 11.6 Å². The fourth-order valence-corrected chi connectivity index (χ4v) is 1.93. The zero-order valence-corrected chi connectivity index (χ0v) is 10.7. The molecule has 5 heteroatoms. The maximum Gasteiger partial charge on any atom is 0.269 e. The number of rotatable bonds is 4. The van der Waals surface area contributed by atoms with E-state index >= 15 is 0 Å². The minimum absolute atomic E-state index is 0.00174. The molecule has 0 N–H and O–H groups in total. The van der Waals surface area contributed by atoms with Gasteiger partial charge in [-0.2, -0.15) is 0 Å². The molecule has 0 saturated carbocycles. The van der Waals surface area contributed by atoms with Gasteiger partial charge in [-0.3, -0.25) is 14.9 Å². The molecule has 1 aromatic rings. The molecule has 0 radical (unpaired) electrons. The first kappa shape index (κ1) is 13.6. The third-order valence-corrected chi connectivity index (χ3v) is 3.63. The number of carbonyl (C=O) groups excluding carboxylic acids is 1. The van der Waals surface area contributed by atoms with Crippen molar-refractivity contribution in [3.05, 3.63) is 39.9 Å². The average molecular weight is 256 g/mol. The zero-order chi connectivity index (χ0) is 13.2. The summed E-state index contributed by atoms with van der Waals surface area (Å²) in [5, 5.41) is 10.1. The van der Waals surface area contributed by atoms with Gasteiger partial charge in [0.15, 0.2) is 0 Å². The van der Waals surface area contributed by atoms with Crippen LogP contribution >= 0.6 is 11.6 Å². The van der Waals surface area contributed by atoms with Crippen molar-refractivity contribution >= 4 is 22.5 Å². The highest BCUT2D eigenvalue weighted by atomic mass is 35.5. The number of carbonyl (C=O) groups is 1. The van der Waals surface area contributed by atoms with E-state index in [9.17, 15) is 14.9 Å². The average Bonchev–Trinajstić information content (AvgIpc) is 2.27. The van der Waals surface area contributed by atoms with Crippen LogP contribution in [0.2, 0.25) is 0 Å². The lowest BCUT2D eigenvalue weighted by Crippen LogP contribution is -2.34. The molecule has 1 atom stereocenters. The summed E-state index contributed by atoms with van der Waals surface area (Å²) in [4.78, 5) is 21.6. The summed E-state index contributed by atoms with van der Waals surface area (Å²) < 4.78 is 0. The van der Waals surface area contributed by atoms with E-state index in [1.54, 1.807) is 19.1 Å². The molecular weight excluding hydrogens is 242 g/mol. The van der Waals surface area contributed by atoms with Crippen LogP contribution in [0.25, 0.3) is 0 Å². The summed E-state index contributed by atoms with van der Waals surface area (Å²) in [6, 6.07) is 5.93. The van der Waals surface area contributed by atoms with Gasteiger partial charge >= 0.3 is 0 Å². The van der Waals surface area contributed by atoms with E-state index < -0.39 is 15.6 Å².